The monoisotopic (exact) mass is 436 g/mol. The molecule has 0 amide bonds. The lowest BCUT2D eigenvalue weighted by atomic mass is 9.90. The van der Waals surface area contributed by atoms with Gasteiger partial charge in [0.15, 0.2) is 0 Å². The number of aliphatic hydroxyl groups excluding tert-OH is 3. The maximum atomic E-state index is 10.6. The molecule has 1 saturated heterocycles. The van der Waals surface area contributed by atoms with Crippen LogP contribution in [-0.2, 0) is 0 Å². The van der Waals surface area contributed by atoms with Crippen molar-refractivity contribution >= 4 is 10.8 Å². The molecular formula is C26H32N2O4. The van der Waals surface area contributed by atoms with Crippen molar-refractivity contribution in [3.05, 3.63) is 60.4 Å². The lowest BCUT2D eigenvalue weighted by molar-refractivity contribution is 0.0156. The van der Waals surface area contributed by atoms with E-state index >= 15 is 0 Å². The SMILES string of the molecule is Cc1cncc(-c2ccc(OCC(O)CN3C[C@H](CO)C[C@H](CO)C3)c3ccccc23)c1. The predicted molar refractivity (Wildman–Crippen MR) is 126 cm³/mol. The molecule has 1 aliphatic rings. The molecule has 0 bridgehead atoms. The highest BCUT2D eigenvalue weighted by Gasteiger charge is 2.27. The highest BCUT2D eigenvalue weighted by Crippen LogP contribution is 2.34. The molecule has 0 aliphatic carbocycles. The number of likely N-dealkylation sites (tertiary alicyclic amines) is 1. The normalized spacial score (nSPS) is 20.4. The summed E-state index contributed by atoms with van der Waals surface area (Å²) in [5.74, 6) is 1.02. The molecule has 3 aromatic rings. The topological polar surface area (TPSA) is 86.1 Å². The summed E-state index contributed by atoms with van der Waals surface area (Å²) in [6.45, 7) is 4.34. The van der Waals surface area contributed by atoms with Crippen molar-refractivity contribution in [3.8, 4) is 16.9 Å². The fourth-order valence-electron chi connectivity index (χ4n) is 4.73. The number of pyridine rings is 1. The predicted octanol–water partition coefficient (Wildman–Crippen LogP) is 2.87. The second-order valence-electron chi connectivity index (χ2n) is 8.92. The van der Waals surface area contributed by atoms with E-state index in [0.29, 0.717) is 6.54 Å². The first kappa shape index (κ1) is 22.7. The zero-order valence-corrected chi connectivity index (χ0v) is 18.5. The van der Waals surface area contributed by atoms with Crippen LogP contribution < -0.4 is 4.74 Å². The van der Waals surface area contributed by atoms with Gasteiger partial charge in [-0.3, -0.25) is 9.88 Å². The number of hydrogen-bond acceptors (Lipinski definition) is 6. The third-order valence-corrected chi connectivity index (χ3v) is 6.19. The maximum absolute atomic E-state index is 10.6. The summed E-state index contributed by atoms with van der Waals surface area (Å²) in [6.07, 6.45) is 3.88. The number of ether oxygens (including phenoxy) is 1. The van der Waals surface area contributed by atoms with Gasteiger partial charge >= 0.3 is 0 Å². The van der Waals surface area contributed by atoms with Gasteiger partial charge in [-0.15, -0.1) is 0 Å². The minimum Gasteiger partial charge on any atom is -0.490 e. The van der Waals surface area contributed by atoms with Gasteiger partial charge in [-0.25, -0.2) is 0 Å². The second-order valence-corrected chi connectivity index (χ2v) is 8.92. The first-order valence-corrected chi connectivity index (χ1v) is 11.3. The van der Waals surface area contributed by atoms with Crippen LogP contribution >= 0.6 is 0 Å². The highest BCUT2D eigenvalue weighted by atomic mass is 16.5. The molecule has 32 heavy (non-hydrogen) atoms. The molecule has 1 fully saturated rings. The molecule has 3 N–H and O–H groups in total. The van der Waals surface area contributed by atoms with Gasteiger partial charge < -0.3 is 20.1 Å². The molecule has 0 saturated carbocycles. The zero-order valence-electron chi connectivity index (χ0n) is 18.5. The Morgan fingerprint density at radius 1 is 1.03 bits per heavy atom. The van der Waals surface area contributed by atoms with Crippen molar-refractivity contribution in [3.63, 3.8) is 0 Å². The Labute approximate surface area is 189 Å². The average molecular weight is 437 g/mol. The standard InChI is InChI=1S/C26H32N2O4/c1-18-8-21(11-27-10-18)23-6-7-26(25-5-3-2-4-24(23)25)32-17-22(31)14-28-12-19(15-29)9-20(13-28)16-30/h2-8,10-11,19-20,22,29-31H,9,12-17H2,1H3/t19-,20+,22?. The average Bonchev–Trinajstić information content (AvgIpc) is 2.82. The molecule has 2 aromatic carbocycles. The Bertz CT molecular complexity index is 1030. The Morgan fingerprint density at radius 3 is 2.44 bits per heavy atom. The Kier molecular flexibility index (Phi) is 7.37. The van der Waals surface area contributed by atoms with E-state index in [1.165, 1.54) is 0 Å². The number of hydrogen-bond donors (Lipinski definition) is 3. The Hall–Kier alpha value is -2.51. The van der Waals surface area contributed by atoms with E-state index in [9.17, 15) is 15.3 Å². The summed E-state index contributed by atoms with van der Waals surface area (Å²) in [7, 11) is 0. The van der Waals surface area contributed by atoms with Gasteiger partial charge in [0.1, 0.15) is 18.5 Å². The number of benzene rings is 2. The van der Waals surface area contributed by atoms with Gasteiger partial charge in [0.2, 0.25) is 0 Å². The summed E-state index contributed by atoms with van der Waals surface area (Å²) < 4.78 is 6.05. The minimum atomic E-state index is -0.661. The van der Waals surface area contributed by atoms with Gasteiger partial charge in [0.25, 0.3) is 0 Å². The van der Waals surface area contributed by atoms with Gasteiger partial charge in [0, 0.05) is 56.2 Å². The Morgan fingerprint density at radius 2 is 1.75 bits per heavy atom. The van der Waals surface area contributed by atoms with Crippen molar-refractivity contribution < 1.29 is 20.1 Å². The number of aryl methyl sites for hydroxylation is 1. The molecular weight excluding hydrogens is 404 g/mol. The van der Waals surface area contributed by atoms with Crippen LogP contribution in [0.4, 0.5) is 0 Å². The van der Waals surface area contributed by atoms with Gasteiger partial charge in [-0.2, -0.15) is 0 Å². The van der Waals surface area contributed by atoms with Gasteiger partial charge in [0.05, 0.1) is 0 Å². The Balaban J connectivity index is 1.46. The molecule has 4 rings (SSSR count). The minimum absolute atomic E-state index is 0.106. The first-order chi connectivity index (χ1) is 15.6. The number of aromatic nitrogens is 1. The third kappa shape index (κ3) is 5.27. The van der Waals surface area contributed by atoms with E-state index in [4.69, 9.17) is 4.74 Å². The van der Waals surface area contributed by atoms with E-state index in [1.807, 2.05) is 49.6 Å². The van der Waals surface area contributed by atoms with Crippen LogP contribution in [0.2, 0.25) is 0 Å². The van der Waals surface area contributed by atoms with Crippen molar-refractivity contribution in [1.82, 2.24) is 9.88 Å². The maximum Gasteiger partial charge on any atom is 0.127 e. The molecule has 6 heteroatoms. The van der Waals surface area contributed by atoms with Crippen molar-refractivity contribution in [1.29, 1.82) is 0 Å². The van der Waals surface area contributed by atoms with Crippen molar-refractivity contribution in [2.45, 2.75) is 19.4 Å². The fraction of sp³-hybridized carbons (Fsp3) is 0.423. The lowest BCUT2D eigenvalue weighted by Gasteiger charge is -2.37. The molecule has 170 valence electrons. The quantitative estimate of drug-likeness (QED) is 0.504. The summed E-state index contributed by atoms with van der Waals surface area (Å²) in [4.78, 5) is 6.44. The number of rotatable bonds is 8. The van der Waals surface area contributed by atoms with E-state index < -0.39 is 6.10 Å². The van der Waals surface area contributed by atoms with Crippen LogP contribution in [0.1, 0.15) is 12.0 Å². The molecule has 1 unspecified atom stereocenters. The number of fused-ring (bicyclic) bond motifs is 1. The van der Waals surface area contributed by atoms with Gasteiger partial charge in [-0.1, -0.05) is 24.3 Å². The molecule has 3 atom stereocenters. The zero-order chi connectivity index (χ0) is 22.5. The van der Waals surface area contributed by atoms with E-state index in [2.05, 4.69) is 22.0 Å². The molecule has 1 aliphatic heterocycles. The van der Waals surface area contributed by atoms with Crippen molar-refractivity contribution in [2.24, 2.45) is 11.8 Å². The number of aliphatic hydroxyl groups is 3. The second kappa shape index (κ2) is 10.4. The van der Waals surface area contributed by atoms with E-state index in [0.717, 1.165) is 52.7 Å². The van der Waals surface area contributed by atoms with Crippen LogP contribution in [0.5, 0.6) is 5.75 Å². The van der Waals surface area contributed by atoms with Crippen LogP contribution in [0.15, 0.2) is 54.9 Å². The molecule has 0 spiro atoms. The van der Waals surface area contributed by atoms with Crippen LogP contribution in [-0.4, -0.2) is 70.8 Å². The number of piperidine rings is 1. The third-order valence-electron chi connectivity index (χ3n) is 6.19. The fourth-order valence-corrected chi connectivity index (χ4v) is 4.73. The smallest absolute Gasteiger partial charge is 0.127 e. The summed E-state index contributed by atoms with van der Waals surface area (Å²) in [6, 6.07) is 14.2. The highest BCUT2D eigenvalue weighted by molar-refractivity contribution is 6.00. The molecule has 6 nitrogen and oxygen atoms in total. The summed E-state index contributed by atoms with van der Waals surface area (Å²) >= 11 is 0. The summed E-state index contributed by atoms with van der Waals surface area (Å²) in [5.41, 5.74) is 3.28. The van der Waals surface area contributed by atoms with Crippen LogP contribution in [0.25, 0.3) is 21.9 Å². The van der Waals surface area contributed by atoms with E-state index in [1.54, 1.807) is 0 Å². The first-order valence-electron chi connectivity index (χ1n) is 11.3. The summed E-state index contributed by atoms with van der Waals surface area (Å²) in [5, 5.41) is 31.8. The van der Waals surface area contributed by atoms with E-state index in [-0.39, 0.29) is 31.7 Å². The van der Waals surface area contributed by atoms with Gasteiger partial charge in [-0.05, 0) is 59.9 Å². The van der Waals surface area contributed by atoms with Crippen LogP contribution in [0, 0.1) is 18.8 Å². The number of nitrogens with zero attached hydrogens (tertiary/aromatic N) is 2. The van der Waals surface area contributed by atoms with Crippen LogP contribution in [0.3, 0.4) is 0 Å². The molecule has 0 radical (unpaired) electrons. The molecule has 1 aromatic heterocycles. The number of β-amino-alcohol motifs (C(OH)–C–C–N with tert-alkyl or cyclic N) is 1. The van der Waals surface area contributed by atoms with Crippen molar-refractivity contribution in [2.75, 3.05) is 39.5 Å². The largest absolute Gasteiger partial charge is 0.490 e. The molecule has 2 heterocycles. The lowest BCUT2D eigenvalue weighted by Crippen LogP contribution is -2.46.